The van der Waals surface area contributed by atoms with E-state index in [4.69, 9.17) is 18.9 Å². The van der Waals surface area contributed by atoms with Gasteiger partial charge in [-0.2, -0.15) is 0 Å². The Hall–Kier alpha value is -3.06. The molecule has 1 unspecified atom stereocenters. The Labute approximate surface area is 205 Å². The highest BCUT2D eigenvalue weighted by Crippen LogP contribution is 2.26. The molecule has 1 aliphatic rings. The molecule has 0 saturated carbocycles. The van der Waals surface area contributed by atoms with Crippen LogP contribution in [0.5, 0.6) is 0 Å². The minimum Gasteiger partial charge on any atom is -0.368 e. The first kappa shape index (κ1) is 23.7. The molecule has 5 heteroatoms. The van der Waals surface area contributed by atoms with Crippen molar-refractivity contribution in [3.63, 3.8) is 0 Å². The number of benzene rings is 4. The van der Waals surface area contributed by atoms with Gasteiger partial charge in [-0.05, 0) is 33.5 Å². The van der Waals surface area contributed by atoms with Gasteiger partial charge in [-0.15, -0.1) is 0 Å². The molecule has 1 heterocycles. The summed E-state index contributed by atoms with van der Waals surface area (Å²) in [6.45, 7) is 1.36. The van der Waals surface area contributed by atoms with Crippen LogP contribution < -0.4 is 0 Å². The summed E-state index contributed by atoms with van der Waals surface area (Å²) in [6.07, 6.45) is -2.68. The Morgan fingerprint density at radius 1 is 0.600 bits per heavy atom. The van der Waals surface area contributed by atoms with Crippen molar-refractivity contribution in [3.8, 4) is 0 Å². The van der Waals surface area contributed by atoms with Crippen LogP contribution in [0.3, 0.4) is 0 Å². The van der Waals surface area contributed by atoms with Gasteiger partial charge in [0.15, 0.2) is 6.29 Å². The zero-order chi connectivity index (χ0) is 23.9. The summed E-state index contributed by atoms with van der Waals surface area (Å²) >= 11 is 0. The SMILES string of the molecule is OC1OC[C@H](OCc2ccccc2)[C@H](OCc2ccccc2)[C@H]1OCc1ccc2ccccc2c1. The Balaban J connectivity index is 1.31. The normalized spacial score (nSPS) is 22.3. The van der Waals surface area contributed by atoms with Crippen molar-refractivity contribution in [2.75, 3.05) is 6.61 Å². The highest BCUT2D eigenvalue weighted by atomic mass is 16.7. The van der Waals surface area contributed by atoms with Crippen LogP contribution >= 0.6 is 0 Å². The van der Waals surface area contributed by atoms with Gasteiger partial charge in [0, 0.05) is 0 Å². The maximum atomic E-state index is 10.7. The first-order valence-electron chi connectivity index (χ1n) is 12.0. The topological polar surface area (TPSA) is 57.2 Å². The molecule has 5 rings (SSSR count). The lowest BCUT2D eigenvalue weighted by Gasteiger charge is -2.40. The average molecular weight is 471 g/mol. The van der Waals surface area contributed by atoms with E-state index in [-0.39, 0.29) is 12.7 Å². The molecule has 0 aliphatic carbocycles. The van der Waals surface area contributed by atoms with Gasteiger partial charge in [0.05, 0.1) is 26.4 Å². The molecule has 180 valence electrons. The molecule has 5 nitrogen and oxygen atoms in total. The summed E-state index contributed by atoms with van der Waals surface area (Å²) in [5.41, 5.74) is 3.13. The zero-order valence-corrected chi connectivity index (χ0v) is 19.5. The predicted molar refractivity (Wildman–Crippen MR) is 135 cm³/mol. The standard InChI is InChI=1S/C30H30O5/c31-30-29(34-20-24-15-16-25-13-7-8-14-26(25)17-24)28(33-19-23-11-5-2-6-12-23)27(21-35-30)32-18-22-9-3-1-4-10-22/h1-17,27-31H,18-21H2/t27-,28-,29+,30?/m0/s1. The number of aliphatic hydroxyl groups excluding tert-OH is 1. The summed E-state index contributed by atoms with van der Waals surface area (Å²) < 4.78 is 24.4. The lowest BCUT2D eigenvalue weighted by atomic mass is 10.0. The molecule has 35 heavy (non-hydrogen) atoms. The summed E-state index contributed by atoms with van der Waals surface area (Å²) in [6, 6.07) is 34.4. The van der Waals surface area contributed by atoms with E-state index < -0.39 is 18.5 Å². The number of hydrogen-bond acceptors (Lipinski definition) is 5. The van der Waals surface area contributed by atoms with Crippen LogP contribution in [0, 0.1) is 0 Å². The lowest BCUT2D eigenvalue weighted by molar-refractivity contribution is -0.286. The Morgan fingerprint density at radius 3 is 1.89 bits per heavy atom. The second-order valence-corrected chi connectivity index (χ2v) is 8.78. The molecular weight excluding hydrogens is 440 g/mol. The van der Waals surface area contributed by atoms with Crippen molar-refractivity contribution in [2.45, 2.75) is 44.4 Å². The van der Waals surface area contributed by atoms with Crippen molar-refractivity contribution >= 4 is 10.8 Å². The van der Waals surface area contributed by atoms with Crippen LogP contribution in [-0.2, 0) is 38.8 Å². The van der Waals surface area contributed by atoms with Crippen LogP contribution in [0.1, 0.15) is 16.7 Å². The molecule has 1 aliphatic heterocycles. The summed E-state index contributed by atoms with van der Waals surface area (Å²) in [5, 5.41) is 13.0. The van der Waals surface area contributed by atoms with Crippen LogP contribution in [0.4, 0.5) is 0 Å². The molecule has 0 spiro atoms. The lowest BCUT2D eigenvalue weighted by Crippen LogP contribution is -2.56. The quantitative estimate of drug-likeness (QED) is 0.362. The van der Waals surface area contributed by atoms with Gasteiger partial charge in [-0.25, -0.2) is 0 Å². The van der Waals surface area contributed by atoms with Gasteiger partial charge in [-0.3, -0.25) is 0 Å². The third kappa shape index (κ3) is 6.14. The van der Waals surface area contributed by atoms with Gasteiger partial charge in [-0.1, -0.05) is 97.1 Å². The van der Waals surface area contributed by atoms with E-state index in [9.17, 15) is 5.11 Å². The molecule has 0 amide bonds. The average Bonchev–Trinajstić information content (AvgIpc) is 2.91. The largest absolute Gasteiger partial charge is 0.368 e. The molecular formula is C30H30O5. The Kier molecular flexibility index (Phi) is 7.83. The van der Waals surface area contributed by atoms with Crippen LogP contribution in [-0.4, -0.2) is 36.3 Å². The fourth-order valence-corrected chi connectivity index (χ4v) is 4.34. The Morgan fingerprint density at radius 2 is 1.17 bits per heavy atom. The minimum atomic E-state index is -1.10. The van der Waals surface area contributed by atoms with Crippen molar-refractivity contribution < 1.29 is 24.1 Å². The van der Waals surface area contributed by atoms with Gasteiger partial charge < -0.3 is 24.1 Å². The number of fused-ring (bicyclic) bond motifs is 1. The summed E-state index contributed by atoms with van der Waals surface area (Å²) in [5.74, 6) is 0. The van der Waals surface area contributed by atoms with Gasteiger partial charge in [0.2, 0.25) is 0 Å². The second-order valence-electron chi connectivity index (χ2n) is 8.78. The number of ether oxygens (including phenoxy) is 4. The van der Waals surface area contributed by atoms with Gasteiger partial charge >= 0.3 is 0 Å². The first-order valence-corrected chi connectivity index (χ1v) is 12.0. The molecule has 1 fully saturated rings. The van der Waals surface area contributed by atoms with E-state index in [2.05, 4.69) is 24.3 Å². The minimum absolute atomic E-state index is 0.225. The maximum Gasteiger partial charge on any atom is 0.183 e. The third-order valence-electron chi connectivity index (χ3n) is 6.25. The zero-order valence-electron chi connectivity index (χ0n) is 19.5. The molecule has 1 saturated heterocycles. The van der Waals surface area contributed by atoms with Crippen molar-refractivity contribution in [1.29, 1.82) is 0 Å². The fraction of sp³-hybridized carbons (Fsp3) is 0.267. The van der Waals surface area contributed by atoms with Crippen LogP contribution in [0.2, 0.25) is 0 Å². The fourth-order valence-electron chi connectivity index (χ4n) is 4.34. The van der Waals surface area contributed by atoms with Crippen LogP contribution in [0.25, 0.3) is 10.8 Å². The maximum absolute atomic E-state index is 10.7. The predicted octanol–water partition coefficient (Wildman–Crippen LogP) is 5.24. The second kappa shape index (κ2) is 11.6. The highest BCUT2D eigenvalue weighted by molar-refractivity contribution is 5.82. The summed E-state index contributed by atoms with van der Waals surface area (Å²) in [4.78, 5) is 0. The summed E-state index contributed by atoms with van der Waals surface area (Å²) in [7, 11) is 0. The van der Waals surface area contributed by atoms with E-state index >= 15 is 0 Å². The molecule has 4 aromatic rings. The van der Waals surface area contributed by atoms with E-state index in [0.29, 0.717) is 19.8 Å². The molecule has 0 aromatic heterocycles. The van der Waals surface area contributed by atoms with Crippen molar-refractivity contribution in [1.82, 2.24) is 0 Å². The molecule has 0 radical (unpaired) electrons. The Bertz CT molecular complexity index is 1200. The number of hydrogen-bond donors (Lipinski definition) is 1. The third-order valence-corrected chi connectivity index (χ3v) is 6.25. The van der Waals surface area contributed by atoms with E-state index in [1.165, 1.54) is 5.39 Å². The molecule has 4 aromatic carbocycles. The van der Waals surface area contributed by atoms with E-state index in [1.54, 1.807) is 0 Å². The van der Waals surface area contributed by atoms with E-state index in [1.807, 2.05) is 78.9 Å². The van der Waals surface area contributed by atoms with Crippen LogP contribution in [0.15, 0.2) is 103 Å². The molecule has 4 atom stereocenters. The molecule has 1 N–H and O–H groups in total. The smallest absolute Gasteiger partial charge is 0.183 e. The first-order chi connectivity index (χ1) is 17.3. The van der Waals surface area contributed by atoms with Crippen molar-refractivity contribution in [2.24, 2.45) is 0 Å². The highest BCUT2D eigenvalue weighted by Gasteiger charge is 2.42. The van der Waals surface area contributed by atoms with Gasteiger partial charge in [0.1, 0.15) is 18.3 Å². The van der Waals surface area contributed by atoms with Gasteiger partial charge in [0.25, 0.3) is 0 Å². The number of rotatable bonds is 9. The van der Waals surface area contributed by atoms with E-state index in [0.717, 1.165) is 22.1 Å². The van der Waals surface area contributed by atoms with Crippen molar-refractivity contribution in [3.05, 3.63) is 120 Å². The monoisotopic (exact) mass is 470 g/mol. The molecule has 0 bridgehead atoms. The number of aliphatic hydroxyl groups is 1.